The summed E-state index contributed by atoms with van der Waals surface area (Å²) in [5.41, 5.74) is 1.92. The molecule has 1 aromatic rings. The van der Waals surface area contributed by atoms with Gasteiger partial charge in [0.05, 0.1) is 5.56 Å². The van der Waals surface area contributed by atoms with E-state index in [2.05, 4.69) is 18.3 Å². The molecule has 1 fully saturated rings. The number of rotatable bonds is 2. The summed E-state index contributed by atoms with van der Waals surface area (Å²) in [7, 11) is 0. The van der Waals surface area contributed by atoms with Crippen LogP contribution in [0, 0.1) is 23.2 Å². The first-order valence-electron chi connectivity index (χ1n) is 8.04. The van der Waals surface area contributed by atoms with Gasteiger partial charge in [-0.05, 0) is 43.6 Å². The summed E-state index contributed by atoms with van der Waals surface area (Å²) in [6, 6.07) is 2.33. The van der Waals surface area contributed by atoms with Crippen LogP contribution >= 0.6 is 11.3 Å². The highest BCUT2D eigenvalue weighted by atomic mass is 32.1. The molecule has 3 nitrogen and oxygen atoms in total. The van der Waals surface area contributed by atoms with Crippen molar-refractivity contribution in [3.05, 3.63) is 16.0 Å². The molecule has 0 bridgehead atoms. The maximum atomic E-state index is 12.4. The van der Waals surface area contributed by atoms with Crippen LogP contribution in [-0.2, 0) is 17.6 Å². The van der Waals surface area contributed by atoms with E-state index in [4.69, 9.17) is 0 Å². The molecule has 1 saturated carbocycles. The molecule has 0 radical (unpaired) electrons. The topological polar surface area (TPSA) is 52.9 Å². The maximum absolute atomic E-state index is 12.4. The van der Waals surface area contributed by atoms with Gasteiger partial charge in [-0.1, -0.05) is 26.2 Å². The Balaban J connectivity index is 1.79. The molecule has 112 valence electrons. The van der Waals surface area contributed by atoms with Gasteiger partial charge in [0, 0.05) is 10.8 Å². The lowest BCUT2D eigenvalue weighted by Gasteiger charge is -2.20. The van der Waals surface area contributed by atoms with Crippen molar-refractivity contribution in [2.45, 2.75) is 58.3 Å². The molecule has 21 heavy (non-hydrogen) atoms. The largest absolute Gasteiger partial charge is 0.316 e. The third kappa shape index (κ3) is 2.98. The number of aryl methyl sites for hydroxylation is 1. The minimum Gasteiger partial charge on any atom is -0.316 e. The molecule has 0 saturated heterocycles. The van der Waals surface area contributed by atoms with E-state index >= 15 is 0 Å². The highest BCUT2D eigenvalue weighted by Crippen LogP contribution is 2.39. The molecule has 2 aliphatic carbocycles. The number of thiophene rings is 1. The second kappa shape index (κ2) is 6.19. The molecular formula is C17H22N2OS. The Hall–Kier alpha value is -1.34. The molecule has 1 heterocycles. The van der Waals surface area contributed by atoms with E-state index in [9.17, 15) is 10.1 Å². The molecule has 0 aliphatic heterocycles. The molecule has 1 N–H and O–H groups in total. The molecule has 1 atom stereocenters. The number of anilines is 1. The van der Waals surface area contributed by atoms with Crippen LogP contribution in [0.3, 0.4) is 0 Å². The number of carbonyl (C=O) groups excluding carboxylic acids is 1. The van der Waals surface area contributed by atoms with Crippen LogP contribution in [0.1, 0.15) is 61.5 Å². The molecule has 2 aliphatic rings. The number of hydrogen-bond donors (Lipinski definition) is 1. The van der Waals surface area contributed by atoms with Gasteiger partial charge >= 0.3 is 0 Å². The quantitative estimate of drug-likeness (QED) is 0.887. The van der Waals surface area contributed by atoms with E-state index in [1.54, 1.807) is 11.3 Å². The zero-order chi connectivity index (χ0) is 14.8. The summed E-state index contributed by atoms with van der Waals surface area (Å²) in [5.74, 6) is 0.905. The minimum absolute atomic E-state index is 0.123. The van der Waals surface area contributed by atoms with Crippen LogP contribution in [0.15, 0.2) is 0 Å². The van der Waals surface area contributed by atoms with Gasteiger partial charge in [0.2, 0.25) is 5.91 Å². The molecule has 4 heteroatoms. The summed E-state index contributed by atoms with van der Waals surface area (Å²) in [5, 5.41) is 13.3. The third-order valence-corrected chi connectivity index (χ3v) is 6.04. The average molecular weight is 302 g/mol. The van der Waals surface area contributed by atoms with Crippen molar-refractivity contribution in [2.75, 3.05) is 5.32 Å². The van der Waals surface area contributed by atoms with E-state index in [0.717, 1.165) is 49.1 Å². The number of fused-ring (bicyclic) bond motifs is 1. The predicted octanol–water partition coefficient (Wildman–Crippen LogP) is 4.26. The maximum Gasteiger partial charge on any atom is 0.228 e. The lowest BCUT2D eigenvalue weighted by atomic mass is 9.87. The summed E-state index contributed by atoms with van der Waals surface area (Å²) in [6.07, 6.45) is 8.77. The molecule has 0 aromatic carbocycles. The first-order chi connectivity index (χ1) is 10.2. The molecule has 0 spiro atoms. The minimum atomic E-state index is 0.123. The number of nitriles is 1. The summed E-state index contributed by atoms with van der Waals surface area (Å²) < 4.78 is 0. The number of nitrogens with zero attached hydrogens (tertiary/aromatic N) is 1. The van der Waals surface area contributed by atoms with Crippen molar-refractivity contribution in [2.24, 2.45) is 11.8 Å². The Morgan fingerprint density at radius 3 is 2.76 bits per heavy atom. The van der Waals surface area contributed by atoms with Gasteiger partial charge in [-0.15, -0.1) is 11.3 Å². The molecule has 3 rings (SSSR count). The molecule has 1 amide bonds. The van der Waals surface area contributed by atoms with E-state index in [0.29, 0.717) is 5.92 Å². The van der Waals surface area contributed by atoms with Crippen LogP contribution in [0.25, 0.3) is 0 Å². The normalized spacial score (nSPS) is 22.4. The molecule has 0 unspecified atom stereocenters. The van der Waals surface area contributed by atoms with Crippen molar-refractivity contribution in [1.29, 1.82) is 5.26 Å². The van der Waals surface area contributed by atoms with Crippen LogP contribution in [0.2, 0.25) is 0 Å². The highest BCUT2D eigenvalue weighted by Gasteiger charge is 2.27. The van der Waals surface area contributed by atoms with Gasteiger partial charge in [-0.2, -0.15) is 5.26 Å². The standard InChI is InChI=1S/C17H22N2OS/c1-11-7-8-15-13(9-11)14(10-18)17(21-15)19-16(20)12-5-3-2-4-6-12/h11-12H,2-9H2,1H3,(H,19,20)/t11-/m1/s1. The molecule has 1 aromatic heterocycles. The van der Waals surface area contributed by atoms with Crippen LogP contribution < -0.4 is 5.32 Å². The lowest BCUT2D eigenvalue weighted by molar-refractivity contribution is -0.120. The Labute approximate surface area is 130 Å². The second-order valence-electron chi connectivity index (χ2n) is 6.49. The van der Waals surface area contributed by atoms with Gasteiger partial charge in [0.15, 0.2) is 0 Å². The number of carbonyl (C=O) groups is 1. The fourth-order valence-electron chi connectivity index (χ4n) is 3.54. The number of hydrogen-bond acceptors (Lipinski definition) is 3. The lowest BCUT2D eigenvalue weighted by Crippen LogP contribution is -2.24. The van der Waals surface area contributed by atoms with Gasteiger partial charge in [-0.25, -0.2) is 0 Å². The Bertz CT molecular complexity index is 578. The van der Waals surface area contributed by atoms with Crippen molar-refractivity contribution in [1.82, 2.24) is 0 Å². The van der Waals surface area contributed by atoms with Crippen molar-refractivity contribution in [3.8, 4) is 6.07 Å². The predicted molar refractivity (Wildman–Crippen MR) is 85.4 cm³/mol. The third-order valence-electron chi connectivity index (χ3n) is 4.83. The van der Waals surface area contributed by atoms with Gasteiger partial charge in [-0.3, -0.25) is 4.79 Å². The summed E-state index contributed by atoms with van der Waals surface area (Å²) >= 11 is 1.63. The van der Waals surface area contributed by atoms with Gasteiger partial charge < -0.3 is 5.32 Å². The first kappa shape index (κ1) is 14.6. The van der Waals surface area contributed by atoms with Crippen molar-refractivity contribution < 1.29 is 4.79 Å². The Morgan fingerprint density at radius 2 is 2.05 bits per heavy atom. The van der Waals surface area contributed by atoms with Gasteiger partial charge in [0.1, 0.15) is 11.1 Å². The van der Waals surface area contributed by atoms with E-state index in [1.165, 1.54) is 23.3 Å². The van der Waals surface area contributed by atoms with Crippen LogP contribution in [-0.4, -0.2) is 5.91 Å². The van der Waals surface area contributed by atoms with Crippen LogP contribution in [0.5, 0.6) is 0 Å². The second-order valence-corrected chi connectivity index (χ2v) is 7.60. The number of amides is 1. The smallest absolute Gasteiger partial charge is 0.228 e. The fraction of sp³-hybridized carbons (Fsp3) is 0.647. The highest BCUT2D eigenvalue weighted by molar-refractivity contribution is 7.16. The van der Waals surface area contributed by atoms with Gasteiger partial charge in [0.25, 0.3) is 0 Å². The zero-order valence-electron chi connectivity index (χ0n) is 12.6. The van der Waals surface area contributed by atoms with E-state index < -0.39 is 0 Å². The van der Waals surface area contributed by atoms with E-state index in [1.807, 2.05) is 0 Å². The SMILES string of the molecule is C[C@@H]1CCc2sc(NC(=O)C3CCCCC3)c(C#N)c2C1. The number of nitrogens with one attached hydrogen (secondary N) is 1. The van der Waals surface area contributed by atoms with Crippen molar-refractivity contribution >= 4 is 22.2 Å². The van der Waals surface area contributed by atoms with Crippen LogP contribution in [0.4, 0.5) is 5.00 Å². The summed E-state index contributed by atoms with van der Waals surface area (Å²) in [4.78, 5) is 13.7. The summed E-state index contributed by atoms with van der Waals surface area (Å²) in [6.45, 7) is 2.24. The van der Waals surface area contributed by atoms with Crippen molar-refractivity contribution in [3.63, 3.8) is 0 Å². The zero-order valence-corrected chi connectivity index (χ0v) is 13.4. The Kier molecular flexibility index (Phi) is 4.30. The fourth-order valence-corrected chi connectivity index (χ4v) is 4.74. The average Bonchev–Trinajstić information content (AvgIpc) is 2.84. The molecular weight excluding hydrogens is 280 g/mol. The monoisotopic (exact) mass is 302 g/mol. The Morgan fingerprint density at radius 1 is 1.29 bits per heavy atom. The van der Waals surface area contributed by atoms with E-state index in [-0.39, 0.29) is 11.8 Å². The first-order valence-corrected chi connectivity index (χ1v) is 8.86.